The molecule has 0 aliphatic heterocycles. The second-order valence-corrected chi connectivity index (χ2v) is 17.3. The summed E-state index contributed by atoms with van der Waals surface area (Å²) in [5.74, 6) is 1.39. The van der Waals surface area contributed by atoms with E-state index in [9.17, 15) is 14.7 Å². The lowest BCUT2D eigenvalue weighted by atomic mass is 10.9. The molecule has 0 radical (unpaired) electrons. The molecular formula is C8H23O3PS2Si. The van der Waals surface area contributed by atoms with Gasteiger partial charge in [-0.1, -0.05) is 26.6 Å². The quantitative estimate of drug-likeness (QED) is 0.534. The maximum absolute atomic E-state index is 9.33. The zero-order chi connectivity index (χ0) is 12.3. The molecule has 0 aliphatic carbocycles. The van der Waals surface area contributed by atoms with E-state index in [4.69, 9.17) is 0 Å². The lowest BCUT2D eigenvalue weighted by Crippen LogP contribution is -2.39. The summed E-state index contributed by atoms with van der Waals surface area (Å²) in [6, 6.07) is 0. The van der Waals surface area contributed by atoms with E-state index in [1.54, 1.807) is 11.8 Å². The Morgan fingerprint density at radius 1 is 1.27 bits per heavy atom. The molecule has 0 aromatic heterocycles. The minimum Gasteiger partial charge on any atom is -0.329 e. The monoisotopic (exact) mass is 290 g/mol. The van der Waals surface area contributed by atoms with Gasteiger partial charge in [-0.25, -0.2) is 0 Å². The maximum atomic E-state index is 9.33. The largest absolute Gasteiger partial charge is 0.329 e. The summed E-state index contributed by atoms with van der Waals surface area (Å²) in [6.07, 6.45) is 2.06. The van der Waals surface area contributed by atoms with Crippen molar-refractivity contribution in [3.63, 3.8) is 0 Å². The molecule has 2 atom stereocenters. The minimum absolute atomic E-state index is 0.478. The van der Waals surface area contributed by atoms with Gasteiger partial charge in [0.2, 0.25) is 0 Å². The van der Waals surface area contributed by atoms with Crippen LogP contribution in [0.4, 0.5) is 0 Å². The third-order valence-electron chi connectivity index (χ3n) is 2.27. The second-order valence-electron chi connectivity index (χ2n) is 4.52. The molecule has 0 amide bonds. The first-order chi connectivity index (χ1) is 6.62. The average Bonchev–Trinajstić information content (AvgIpc) is 2.01. The zero-order valence-corrected chi connectivity index (χ0v) is 13.6. The summed E-state index contributed by atoms with van der Waals surface area (Å²) >= 11 is 1.79. The van der Waals surface area contributed by atoms with Gasteiger partial charge in [0.05, 0.1) is 8.07 Å². The Morgan fingerprint density at radius 3 is 1.93 bits per heavy atom. The number of thioether (sulfide) groups is 1. The van der Waals surface area contributed by atoms with Crippen LogP contribution in [0.5, 0.6) is 0 Å². The maximum Gasteiger partial charge on any atom is 0.277 e. The summed E-state index contributed by atoms with van der Waals surface area (Å²) < 4.78 is 0. The molecule has 15 heavy (non-hydrogen) atoms. The van der Waals surface area contributed by atoms with Crippen LogP contribution in [0.25, 0.3) is 0 Å². The summed E-state index contributed by atoms with van der Waals surface area (Å²) in [5.41, 5.74) is 0. The van der Waals surface area contributed by atoms with Crippen LogP contribution < -0.4 is 0 Å². The van der Waals surface area contributed by atoms with Gasteiger partial charge in [-0.05, 0) is 12.0 Å². The molecule has 0 saturated carbocycles. The number of hydrogen-bond acceptors (Lipinski definition) is 1. The summed E-state index contributed by atoms with van der Waals surface area (Å²) in [4.78, 5) is 28.5. The highest BCUT2D eigenvalue weighted by Crippen LogP contribution is 2.38. The van der Waals surface area contributed by atoms with E-state index < -0.39 is 24.9 Å². The molecular weight excluding hydrogens is 267 g/mol. The minimum atomic E-state index is -3.63. The van der Waals surface area contributed by atoms with E-state index in [2.05, 4.69) is 25.9 Å². The molecule has 2 unspecified atom stereocenters. The van der Waals surface area contributed by atoms with Crippen LogP contribution in [0.1, 0.15) is 6.92 Å². The van der Waals surface area contributed by atoms with Crippen molar-refractivity contribution in [3.05, 3.63) is 0 Å². The van der Waals surface area contributed by atoms with Crippen molar-refractivity contribution in [2.45, 2.75) is 31.4 Å². The Hall–Kier alpha value is 1.23. The van der Waals surface area contributed by atoms with Crippen molar-refractivity contribution in [2.24, 2.45) is 0 Å². The van der Waals surface area contributed by atoms with Crippen LogP contribution in [0.15, 0.2) is 0 Å². The van der Waals surface area contributed by atoms with Gasteiger partial charge in [-0.15, -0.1) is 10.1 Å². The van der Waals surface area contributed by atoms with Crippen molar-refractivity contribution in [1.82, 2.24) is 0 Å². The Balaban J connectivity index is 4.84. The number of hydrogen-bond donors (Lipinski definition) is 3. The van der Waals surface area contributed by atoms with Crippen LogP contribution in [0.3, 0.4) is 0 Å². The smallest absolute Gasteiger partial charge is 0.277 e. The lowest BCUT2D eigenvalue weighted by molar-refractivity contribution is 0.362. The molecule has 3 nitrogen and oxygen atoms in total. The highest BCUT2D eigenvalue weighted by molar-refractivity contribution is 8.27. The van der Waals surface area contributed by atoms with Crippen molar-refractivity contribution in [2.75, 3.05) is 17.8 Å². The molecule has 0 rings (SSSR count). The van der Waals surface area contributed by atoms with Crippen LogP contribution >= 0.6 is 18.5 Å². The molecule has 0 fully saturated rings. The molecule has 0 heterocycles. The third-order valence-corrected chi connectivity index (χ3v) is 13.9. The van der Waals surface area contributed by atoms with Gasteiger partial charge in [-0.2, -0.15) is 11.8 Å². The van der Waals surface area contributed by atoms with Gasteiger partial charge in [-0.3, -0.25) is 0 Å². The van der Waals surface area contributed by atoms with Crippen LogP contribution in [0, 0.1) is 0 Å². The first-order valence-corrected chi connectivity index (χ1v) is 13.6. The lowest BCUT2D eigenvalue weighted by Gasteiger charge is -2.29. The van der Waals surface area contributed by atoms with E-state index in [0.29, 0.717) is 10.6 Å². The molecule has 0 saturated heterocycles. The van der Waals surface area contributed by atoms with Crippen molar-refractivity contribution < 1.29 is 14.7 Å². The summed E-state index contributed by atoms with van der Waals surface area (Å²) in [7, 11) is -1.92. The highest BCUT2D eigenvalue weighted by Gasteiger charge is 2.28. The van der Waals surface area contributed by atoms with Crippen LogP contribution in [0.2, 0.25) is 19.6 Å². The Bertz CT molecular complexity index is 251. The Morgan fingerprint density at radius 2 is 1.73 bits per heavy atom. The highest BCUT2D eigenvalue weighted by atomic mass is 32.5. The van der Waals surface area contributed by atoms with Crippen LogP contribution in [-0.2, 0) is 10.1 Å². The Kier molecular flexibility index (Phi) is 6.75. The van der Waals surface area contributed by atoms with Gasteiger partial charge >= 0.3 is 0 Å². The van der Waals surface area contributed by atoms with Crippen molar-refractivity contribution in [1.29, 1.82) is 0 Å². The molecule has 0 aromatic rings. The molecule has 94 valence electrons. The fourth-order valence-electron chi connectivity index (χ4n) is 1.24. The fraction of sp³-hybridized carbons (Fsp3) is 1.00. The number of rotatable bonds is 5. The summed E-state index contributed by atoms with van der Waals surface area (Å²) in [6.45, 7) is 5.11. The van der Waals surface area contributed by atoms with Crippen LogP contribution in [-0.4, -0.2) is 45.4 Å². The van der Waals surface area contributed by atoms with E-state index >= 15 is 0 Å². The molecule has 3 N–H and O–H groups in total. The first-order valence-electron chi connectivity index (χ1n) is 4.91. The van der Waals surface area contributed by atoms with Gasteiger partial charge < -0.3 is 14.7 Å². The predicted molar refractivity (Wildman–Crippen MR) is 77.0 cm³/mol. The topological polar surface area (TPSA) is 60.7 Å². The van der Waals surface area contributed by atoms with Gasteiger partial charge in [0.1, 0.15) is 0 Å². The van der Waals surface area contributed by atoms with E-state index in [1.165, 1.54) is 0 Å². The summed E-state index contributed by atoms with van der Waals surface area (Å²) in [5, 5.41) is 0. The Labute approximate surface area is 100 Å². The van der Waals surface area contributed by atoms with Crippen molar-refractivity contribution >= 4 is 36.6 Å². The molecule has 0 spiro atoms. The predicted octanol–water partition coefficient (Wildman–Crippen LogP) is 1.89. The molecule has 0 aliphatic rings. The standard InChI is InChI=1S/C8H23O3PS2Si/c1-6-14(12(9,10)11)7-8(13-2)15(3,4)5/h8-11H,6-7H2,1-5H3. The fourth-order valence-corrected chi connectivity index (χ4v) is 11.6. The first kappa shape index (κ1) is 16.2. The normalized spacial score (nSPS) is 17.6. The third kappa shape index (κ3) is 5.91. The van der Waals surface area contributed by atoms with Gasteiger partial charge in [0.15, 0.2) is 0 Å². The molecule has 0 bridgehead atoms. The SMILES string of the molecule is CCS(CC(SC)[Si](C)(C)C)=P(O)(O)O. The van der Waals surface area contributed by atoms with Gasteiger partial charge in [0.25, 0.3) is 6.72 Å². The second kappa shape index (κ2) is 6.24. The zero-order valence-electron chi connectivity index (χ0n) is 10.1. The van der Waals surface area contributed by atoms with E-state index in [0.717, 1.165) is 5.75 Å². The van der Waals surface area contributed by atoms with Crippen molar-refractivity contribution in [3.8, 4) is 0 Å². The average molecular weight is 290 g/mol. The molecule has 7 heteroatoms. The molecule has 0 aromatic carbocycles. The van der Waals surface area contributed by atoms with Gasteiger partial charge in [0, 0.05) is 10.6 Å². The van der Waals surface area contributed by atoms with E-state index in [1.807, 2.05) is 6.92 Å². The van der Waals surface area contributed by atoms with E-state index in [-0.39, 0.29) is 0 Å².